The first-order chi connectivity index (χ1) is 20.0. The molecular weight excluding hydrogens is 546 g/mol. The number of likely N-dealkylation sites (tertiary alicyclic amines) is 1. The summed E-state index contributed by atoms with van der Waals surface area (Å²) in [5, 5.41) is 13.4. The number of ketones is 1. The lowest BCUT2D eigenvalue weighted by Crippen LogP contribution is -2.56. The highest BCUT2D eigenvalue weighted by Crippen LogP contribution is 2.29. The third-order valence-corrected chi connectivity index (χ3v) is 8.99. The third-order valence-electron chi connectivity index (χ3n) is 8.01. The molecule has 224 valence electrons. The van der Waals surface area contributed by atoms with E-state index in [2.05, 4.69) is 29.4 Å². The molecule has 2 amide bonds. The van der Waals surface area contributed by atoms with E-state index in [9.17, 15) is 19.5 Å². The maximum atomic E-state index is 13.8. The average molecular weight is 590 g/mol. The monoisotopic (exact) mass is 589 g/mol. The molecule has 0 saturated carbocycles. The molecule has 1 aliphatic rings. The maximum Gasteiger partial charge on any atom is 0.246 e. The van der Waals surface area contributed by atoms with Crippen LogP contribution in [0.25, 0.3) is 10.4 Å². The molecular formula is C34H43N3O4S. The predicted molar refractivity (Wildman–Crippen MR) is 167 cm³/mol. The summed E-state index contributed by atoms with van der Waals surface area (Å²) in [4.78, 5) is 47.2. The Morgan fingerprint density at radius 2 is 1.74 bits per heavy atom. The zero-order valence-corrected chi connectivity index (χ0v) is 26.2. The van der Waals surface area contributed by atoms with Crippen LogP contribution in [0.1, 0.15) is 69.3 Å². The number of thiazole rings is 1. The number of Topliss-reactive ketones (excluding diaryl/α,β-unsaturated/α-hetero) is 1. The van der Waals surface area contributed by atoms with Gasteiger partial charge in [0, 0.05) is 25.8 Å². The average Bonchev–Trinajstić information content (AvgIpc) is 3.58. The highest BCUT2D eigenvalue weighted by molar-refractivity contribution is 7.13. The van der Waals surface area contributed by atoms with Gasteiger partial charge >= 0.3 is 0 Å². The molecule has 1 aliphatic heterocycles. The fraction of sp³-hybridized carbons (Fsp3) is 0.471. The molecule has 8 heteroatoms. The number of hydrogen-bond donors (Lipinski definition) is 2. The topological polar surface area (TPSA) is 99.6 Å². The number of β-amino-alcohol motifs (C(OH)–C–C–N with tert-alkyl or cyclic N) is 1. The summed E-state index contributed by atoms with van der Waals surface area (Å²) in [6.45, 7) is 9.89. The molecule has 2 N–H and O–H groups in total. The second kappa shape index (κ2) is 13.7. The number of aryl methyl sites for hydroxylation is 4. The van der Waals surface area contributed by atoms with Crippen molar-refractivity contribution in [3.8, 4) is 10.4 Å². The molecule has 3 atom stereocenters. The molecule has 0 radical (unpaired) electrons. The summed E-state index contributed by atoms with van der Waals surface area (Å²) in [6, 6.07) is 14.8. The Morgan fingerprint density at radius 1 is 1.05 bits per heavy atom. The molecule has 4 rings (SSSR count). The van der Waals surface area contributed by atoms with E-state index in [1.165, 1.54) is 10.5 Å². The van der Waals surface area contributed by atoms with Gasteiger partial charge in [-0.05, 0) is 53.9 Å². The number of nitrogens with one attached hydrogen (secondary N) is 1. The van der Waals surface area contributed by atoms with Gasteiger partial charge in [-0.1, -0.05) is 76.2 Å². The molecule has 2 aromatic carbocycles. The molecule has 1 saturated heterocycles. The van der Waals surface area contributed by atoms with Gasteiger partial charge in [0.25, 0.3) is 0 Å². The van der Waals surface area contributed by atoms with Gasteiger partial charge in [0.15, 0.2) is 5.78 Å². The highest BCUT2D eigenvalue weighted by Gasteiger charge is 2.44. The number of carbonyl (C=O) groups is 3. The second-order valence-electron chi connectivity index (χ2n) is 12.4. The van der Waals surface area contributed by atoms with E-state index in [0.29, 0.717) is 12.8 Å². The van der Waals surface area contributed by atoms with Crippen LogP contribution in [-0.2, 0) is 33.6 Å². The minimum atomic E-state index is -0.810. The maximum absolute atomic E-state index is 13.8. The van der Waals surface area contributed by atoms with Gasteiger partial charge in [0.05, 0.1) is 28.2 Å². The Labute approximate surface area is 253 Å². The number of nitrogens with zero attached hydrogens (tertiary/aromatic N) is 2. The van der Waals surface area contributed by atoms with E-state index in [1.807, 2.05) is 69.6 Å². The largest absolute Gasteiger partial charge is 0.391 e. The van der Waals surface area contributed by atoms with Crippen molar-refractivity contribution in [2.24, 2.45) is 5.41 Å². The first kappa shape index (κ1) is 31.6. The smallest absolute Gasteiger partial charge is 0.246 e. The molecule has 7 nitrogen and oxygen atoms in total. The van der Waals surface area contributed by atoms with Crippen molar-refractivity contribution in [3.05, 3.63) is 76.4 Å². The van der Waals surface area contributed by atoms with Crippen molar-refractivity contribution in [3.63, 3.8) is 0 Å². The zero-order valence-electron chi connectivity index (χ0n) is 25.4. The Balaban J connectivity index is 1.38. The summed E-state index contributed by atoms with van der Waals surface area (Å²) < 4.78 is 0. The second-order valence-corrected chi connectivity index (χ2v) is 13.2. The van der Waals surface area contributed by atoms with Crippen molar-refractivity contribution in [2.75, 3.05) is 6.54 Å². The standard InChI is InChI=1S/C34H43N3O4S/c1-6-23-8-7-9-25(18-23)13-17-30(40)36-32(34(3,4)5)33(41)37-20-27(38)19-28(37)29(39)16-12-24-10-14-26(15-11-24)31-22(2)35-21-42-31/h7-11,14-15,18,21,27-28,32,38H,6,12-13,16-17,19-20H2,1-5H3,(H,36,40)/t27-,28+,32-/m1/s1. The number of amides is 2. The molecule has 0 bridgehead atoms. The van der Waals surface area contributed by atoms with Crippen molar-refractivity contribution in [1.29, 1.82) is 0 Å². The summed E-state index contributed by atoms with van der Waals surface area (Å²) >= 11 is 1.60. The van der Waals surface area contributed by atoms with Crippen LogP contribution in [0, 0.1) is 12.3 Å². The molecule has 0 unspecified atom stereocenters. The number of carbonyl (C=O) groups excluding carboxylic acids is 3. The van der Waals surface area contributed by atoms with Crippen molar-refractivity contribution >= 4 is 28.9 Å². The van der Waals surface area contributed by atoms with Gasteiger partial charge in [-0.3, -0.25) is 14.4 Å². The van der Waals surface area contributed by atoms with Gasteiger partial charge in [-0.2, -0.15) is 0 Å². The summed E-state index contributed by atoms with van der Waals surface area (Å²) in [5.41, 5.74) is 6.71. The number of aliphatic hydroxyl groups excluding tert-OH is 1. The Kier molecular flexibility index (Phi) is 10.3. The number of aliphatic hydroxyl groups is 1. The fourth-order valence-corrected chi connectivity index (χ4v) is 6.32. The number of rotatable bonds is 11. The Hall–Kier alpha value is -3.36. The van der Waals surface area contributed by atoms with E-state index < -0.39 is 23.6 Å². The molecule has 42 heavy (non-hydrogen) atoms. The third kappa shape index (κ3) is 7.92. The van der Waals surface area contributed by atoms with E-state index in [0.717, 1.165) is 33.7 Å². The summed E-state index contributed by atoms with van der Waals surface area (Å²) in [7, 11) is 0. The van der Waals surface area contributed by atoms with Crippen LogP contribution < -0.4 is 5.32 Å². The number of hydrogen-bond acceptors (Lipinski definition) is 6. The lowest BCUT2D eigenvalue weighted by atomic mass is 9.85. The minimum Gasteiger partial charge on any atom is -0.391 e. The van der Waals surface area contributed by atoms with Crippen LogP contribution in [0.5, 0.6) is 0 Å². The molecule has 3 aromatic rings. The lowest BCUT2D eigenvalue weighted by molar-refractivity contribution is -0.143. The molecule has 2 heterocycles. The van der Waals surface area contributed by atoms with Crippen molar-refractivity contribution < 1.29 is 19.5 Å². The summed E-state index contributed by atoms with van der Waals surface area (Å²) in [6.07, 6.45) is 2.04. The van der Waals surface area contributed by atoms with Crippen LogP contribution >= 0.6 is 11.3 Å². The zero-order chi connectivity index (χ0) is 30.4. The van der Waals surface area contributed by atoms with Crippen LogP contribution in [-0.4, -0.2) is 57.3 Å². The van der Waals surface area contributed by atoms with Gasteiger partial charge in [-0.15, -0.1) is 11.3 Å². The van der Waals surface area contributed by atoms with E-state index in [-0.39, 0.29) is 43.4 Å². The van der Waals surface area contributed by atoms with Crippen molar-refractivity contribution in [1.82, 2.24) is 15.2 Å². The van der Waals surface area contributed by atoms with Crippen LogP contribution in [0.2, 0.25) is 0 Å². The number of aromatic nitrogens is 1. The SMILES string of the molecule is CCc1cccc(CCC(=O)N[C@H](C(=O)N2C[C@H](O)C[C@H]2C(=O)CCc2ccc(-c3scnc3C)cc2)C(C)(C)C)c1. The number of benzene rings is 2. The van der Waals surface area contributed by atoms with Crippen LogP contribution in [0.15, 0.2) is 54.0 Å². The van der Waals surface area contributed by atoms with E-state index in [1.54, 1.807) is 11.3 Å². The first-order valence-corrected chi connectivity index (χ1v) is 15.7. The predicted octanol–water partition coefficient (Wildman–Crippen LogP) is 5.31. The van der Waals surface area contributed by atoms with Crippen LogP contribution in [0.3, 0.4) is 0 Å². The molecule has 1 aromatic heterocycles. The Morgan fingerprint density at radius 3 is 2.38 bits per heavy atom. The molecule has 0 aliphatic carbocycles. The van der Waals surface area contributed by atoms with Gasteiger partial charge in [0.1, 0.15) is 6.04 Å². The van der Waals surface area contributed by atoms with Gasteiger partial charge < -0.3 is 15.3 Å². The quantitative estimate of drug-likeness (QED) is 0.316. The first-order valence-electron chi connectivity index (χ1n) is 14.8. The van der Waals surface area contributed by atoms with Gasteiger partial charge in [-0.25, -0.2) is 4.98 Å². The van der Waals surface area contributed by atoms with Crippen molar-refractivity contribution in [2.45, 2.75) is 91.3 Å². The van der Waals surface area contributed by atoms with Crippen LogP contribution in [0.4, 0.5) is 0 Å². The van der Waals surface area contributed by atoms with E-state index >= 15 is 0 Å². The normalized spacial score (nSPS) is 17.7. The fourth-order valence-electron chi connectivity index (χ4n) is 5.51. The highest BCUT2D eigenvalue weighted by atomic mass is 32.1. The molecule has 0 spiro atoms. The lowest BCUT2D eigenvalue weighted by Gasteiger charge is -2.35. The minimum absolute atomic E-state index is 0.0722. The van der Waals surface area contributed by atoms with Gasteiger partial charge in [0.2, 0.25) is 11.8 Å². The molecule has 1 fully saturated rings. The Bertz CT molecular complexity index is 1390. The summed E-state index contributed by atoms with van der Waals surface area (Å²) in [5.74, 6) is -0.593. The van der Waals surface area contributed by atoms with E-state index in [4.69, 9.17) is 0 Å².